The molecule has 2 saturated heterocycles. The summed E-state index contributed by atoms with van der Waals surface area (Å²) in [7, 11) is 0. The fourth-order valence-corrected chi connectivity index (χ4v) is 3.57. The molecule has 2 bridgehead atoms. The molecule has 0 aromatic heterocycles. The van der Waals surface area contributed by atoms with Crippen LogP contribution in [0.4, 0.5) is 0 Å². The Hall–Kier alpha value is -1.61. The van der Waals surface area contributed by atoms with Crippen molar-refractivity contribution in [3.8, 4) is 0 Å². The van der Waals surface area contributed by atoms with E-state index in [0.29, 0.717) is 24.4 Å². The van der Waals surface area contributed by atoms with Crippen LogP contribution in [0.5, 0.6) is 0 Å². The highest BCUT2D eigenvalue weighted by Gasteiger charge is 2.45. The van der Waals surface area contributed by atoms with Crippen molar-refractivity contribution in [3.63, 3.8) is 0 Å². The number of allylic oxidation sites excluding steroid dienone is 1. The van der Waals surface area contributed by atoms with Crippen LogP contribution in [0, 0.1) is 0 Å². The second-order valence-electron chi connectivity index (χ2n) is 6.05. The average molecular weight is 284 g/mol. The Morgan fingerprint density at radius 1 is 1.24 bits per heavy atom. The molecule has 0 spiro atoms. The minimum Gasteiger partial charge on any atom is -0.340 e. The molecule has 2 aliphatic heterocycles. The van der Waals surface area contributed by atoms with Gasteiger partial charge >= 0.3 is 0 Å². The summed E-state index contributed by atoms with van der Waals surface area (Å²) in [6, 6.07) is 11.7. The first-order valence-electron chi connectivity index (χ1n) is 7.97. The third kappa shape index (κ3) is 2.75. The first-order chi connectivity index (χ1) is 10.2. The molecule has 1 aromatic carbocycles. The van der Waals surface area contributed by atoms with Crippen molar-refractivity contribution in [1.82, 2.24) is 9.80 Å². The molecule has 2 atom stereocenters. The topological polar surface area (TPSA) is 23.6 Å². The highest BCUT2D eigenvalue weighted by molar-refractivity contribution is 5.76. The maximum Gasteiger partial charge on any atom is 0.222 e. The smallest absolute Gasteiger partial charge is 0.222 e. The van der Waals surface area contributed by atoms with E-state index in [1.807, 2.05) is 11.8 Å². The first-order valence-corrected chi connectivity index (χ1v) is 7.97. The van der Waals surface area contributed by atoms with Crippen LogP contribution in [-0.4, -0.2) is 47.4 Å². The lowest BCUT2D eigenvalue weighted by Gasteiger charge is -2.56. The number of nitrogens with zero attached hydrogens (tertiary/aromatic N) is 2. The van der Waals surface area contributed by atoms with Gasteiger partial charge in [0, 0.05) is 38.1 Å². The van der Waals surface area contributed by atoms with Gasteiger partial charge in [0.25, 0.3) is 0 Å². The Labute approximate surface area is 127 Å². The molecule has 1 aromatic rings. The molecule has 3 heteroatoms. The van der Waals surface area contributed by atoms with Crippen molar-refractivity contribution in [1.29, 1.82) is 0 Å². The summed E-state index contributed by atoms with van der Waals surface area (Å²) in [5.41, 5.74) is 2.70. The van der Waals surface area contributed by atoms with Gasteiger partial charge in [0.1, 0.15) is 0 Å². The molecule has 2 heterocycles. The number of likely N-dealkylation sites (tertiary alicyclic amines) is 2. The van der Waals surface area contributed by atoms with Gasteiger partial charge in [0.15, 0.2) is 0 Å². The Balaban J connectivity index is 1.64. The van der Waals surface area contributed by atoms with Gasteiger partial charge in [0.05, 0.1) is 0 Å². The van der Waals surface area contributed by atoms with Gasteiger partial charge in [-0.05, 0) is 24.5 Å². The van der Waals surface area contributed by atoms with E-state index in [4.69, 9.17) is 0 Å². The molecular weight excluding hydrogens is 260 g/mol. The minimum atomic E-state index is 0.304. The molecule has 3 nitrogen and oxygen atoms in total. The number of carbonyl (C=O) groups excluding carboxylic acids is 1. The molecule has 0 saturated carbocycles. The quantitative estimate of drug-likeness (QED) is 0.849. The molecule has 2 aliphatic rings. The van der Waals surface area contributed by atoms with Crippen LogP contribution >= 0.6 is 0 Å². The maximum atomic E-state index is 11.8. The molecule has 0 N–H and O–H groups in total. The van der Waals surface area contributed by atoms with E-state index in [2.05, 4.69) is 48.2 Å². The third-order valence-corrected chi connectivity index (χ3v) is 4.85. The predicted molar refractivity (Wildman–Crippen MR) is 85.9 cm³/mol. The number of hydrogen-bond acceptors (Lipinski definition) is 2. The van der Waals surface area contributed by atoms with Crippen molar-refractivity contribution in [3.05, 3.63) is 42.0 Å². The number of rotatable bonds is 4. The summed E-state index contributed by atoms with van der Waals surface area (Å²) in [5.74, 6) is 0.304. The Kier molecular flexibility index (Phi) is 4.11. The van der Waals surface area contributed by atoms with E-state index in [9.17, 15) is 4.79 Å². The average Bonchev–Trinajstić information content (AvgIpc) is 2.55. The highest BCUT2D eigenvalue weighted by Crippen LogP contribution is 2.34. The SMILES string of the molecule is CC=C(CN1C2CC1CN(C(=O)CC)C2)c1ccccc1. The number of fused-ring (bicyclic) bond motifs is 2. The zero-order valence-electron chi connectivity index (χ0n) is 13.0. The third-order valence-electron chi connectivity index (χ3n) is 4.85. The summed E-state index contributed by atoms with van der Waals surface area (Å²) in [6.07, 6.45) is 4.10. The Morgan fingerprint density at radius 3 is 2.48 bits per heavy atom. The fraction of sp³-hybridized carbons (Fsp3) is 0.500. The zero-order chi connectivity index (χ0) is 14.8. The molecule has 2 fully saturated rings. The molecule has 0 radical (unpaired) electrons. The van der Waals surface area contributed by atoms with Crippen molar-refractivity contribution in [2.24, 2.45) is 0 Å². The second kappa shape index (κ2) is 6.02. The molecule has 21 heavy (non-hydrogen) atoms. The van der Waals surface area contributed by atoms with E-state index in [0.717, 1.165) is 19.6 Å². The monoisotopic (exact) mass is 284 g/mol. The van der Waals surface area contributed by atoms with Gasteiger partial charge in [-0.1, -0.05) is 43.3 Å². The second-order valence-corrected chi connectivity index (χ2v) is 6.05. The van der Waals surface area contributed by atoms with Crippen LogP contribution in [0.25, 0.3) is 5.57 Å². The number of carbonyl (C=O) groups is 1. The van der Waals surface area contributed by atoms with Crippen molar-refractivity contribution < 1.29 is 4.79 Å². The van der Waals surface area contributed by atoms with Gasteiger partial charge in [-0.25, -0.2) is 0 Å². The van der Waals surface area contributed by atoms with Crippen LogP contribution in [0.15, 0.2) is 36.4 Å². The van der Waals surface area contributed by atoms with Gasteiger partial charge < -0.3 is 4.90 Å². The molecular formula is C18H24N2O. The van der Waals surface area contributed by atoms with E-state index >= 15 is 0 Å². The van der Waals surface area contributed by atoms with Crippen LogP contribution in [0.3, 0.4) is 0 Å². The van der Waals surface area contributed by atoms with E-state index in [-0.39, 0.29) is 0 Å². The van der Waals surface area contributed by atoms with Crippen molar-refractivity contribution in [2.75, 3.05) is 19.6 Å². The van der Waals surface area contributed by atoms with E-state index < -0.39 is 0 Å². The van der Waals surface area contributed by atoms with Crippen LogP contribution in [-0.2, 0) is 4.79 Å². The lowest BCUT2D eigenvalue weighted by molar-refractivity contribution is -0.142. The van der Waals surface area contributed by atoms with Gasteiger partial charge in [-0.3, -0.25) is 9.69 Å². The van der Waals surface area contributed by atoms with Crippen molar-refractivity contribution in [2.45, 2.75) is 38.8 Å². The first kappa shape index (κ1) is 14.3. The summed E-state index contributed by atoms with van der Waals surface area (Å²) < 4.78 is 0. The lowest BCUT2D eigenvalue weighted by atomic mass is 9.86. The number of piperazine rings is 1. The molecule has 0 aliphatic carbocycles. The standard InChI is InChI=1S/C18H24N2O/c1-3-14(15-8-6-5-7-9-15)11-20-16-10-17(20)13-19(12-16)18(21)4-2/h3,5-9,16-17H,4,10-13H2,1-2H3. The van der Waals surface area contributed by atoms with Crippen LogP contribution < -0.4 is 0 Å². The fourth-order valence-electron chi connectivity index (χ4n) is 3.57. The van der Waals surface area contributed by atoms with Gasteiger partial charge in [0.2, 0.25) is 5.91 Å². The number of benzene rings is 1. The summed E-state index contributed by atoms with van der Waals surface area (Å²) in [6.45, 7) is 6.90. The number of hydrogen-bond donors (Lipinski definition) is 0. The maximum absolute atomic E-state index is 11.8. The number of piperidine rings is 1. The Bertz CT molecular complexity index is 525. The van der Waals surface area contributed by atoms with Crippen LogP contribution in [0.2, 0.25) is 0 Å². The van der Waals surface area contributed by atoms with E-state index in [1.54, 1.807) is 0 Å². The summed E-state index contributed by atoms with van der Waals surface area (Å²) in [5, 5.41) is 0. The predicted octanol–water partition coefficient (Wildman–Crippen LogP) is 2.79. The minimum absolute atomic E-state index is 0.304. The van der Waals surface area contributed by atoms with Gasteiger partial charge in [-0.2, -0.15) is 0 Å². The van der Waals surface area contributed by atoms with E-state index in [1.165, 1.54) is 17.6 Å². The lowest BCUT2D eigenvalue weighted by Crippen LogP contribution is -2.69. The molecule has 2 unspecified atom stereocenters. The van der Waals surface area contributed by atoms with Gasteiger partial charge in [-0.15, -0.1) is 0 Å². The zero-order valence-corrected chi connectivity index (χ0v) is 13.0. The summed E-state index contributed by atoms with van der Waals surface area (Å²) in [4.78, 5) is 16.5. The normalized spacial score (nSPS) is 25.6. The molecule has 1 amide bonds. The summed E-state index contributed by atoms with van der Waals surface area (Å²) >= 11 is 0. The highest BCUT2D eigenvalue weighted by atomic mass is 16.2. The number of amides is 1. The van der Waals surface area contributed by atoms with Crippen LogP contribution in [0.1, 0.15) is 32.3 Å². The largest absolute Gasteiger partial charge is 0.340 e. The molecule has 112 valence electrons. The Morgan fingerprint density at radius 2 is 1.90 bits per heavy atom. The molecule has 3 rings (SSSR count). The van der Waals surface area contributed by atoms with Crippen molar-refractivity contribution >= 4 is 11.5 Å².